The summed E-state index contributed by atoms with van der Waals surface area (Å²) in [6.07, 6.45) is 0. The van der Waals surface area contributed by atoms with Gasteiger partial charge in [0.2, 0.25) is 0 Å². The van der Waals surface area contributed by atoms with Gasteiger partial charge in [-0.15, -0.1) is 0 Å². The molecule has 1 amide bonds. The molecule has 5 nitrogen and oxygen atoms in total. The molecule has 1 aliphatic heterocycles. The number of amides is 1. The average Bonchev–Trinajstić information content (AvgIpc) is 2.69. The fourth-order valence-corrected chi connectivity index (χ4v) is 3.16. The number of carbonyl (C=O) groups excluding carboxylic acids is 1. The molecule has 0 saturated carbocycles. The van der Waals surface area contributed by atoms with Gasteiger partial charge in [0, 0.05) is 30.8 Å². The molecule has 1 fully saturated rings. The zero-order valence-corrected chi connectivity index (χ0v) is 15.4. The fraction of sp³-hybridized carbons (Fsp3) is 0.381. The van der Waals surface area contributed by atoms with Crippen molar-refractivity contribution >= 4 is 5.91 Å². The molecule has 1 N–H and O–H groups in total. The third-order valence-electron chi connectivity index (χ3n) is 4.68. The van der Waals surface area contributed by atoms with Gasteiger partial charge in [-0.2, -0.15) is 0 Å². The standard InChI is InChI=1S/C21H26N2O3/c1-16(19-5-3-4-6-20(19)25-2)22-21(24)18-9-7-17(8-10-18)15-23-11-13-26-14-12-23/h3-10,16H,11-15H2,1-2H3,(H,22,24)/t16-/m1/s1. The number of hydrogen-bond donors (Lipinski definition) is 1. The smallest absolute Gasteiger partial charge is 0.251 e. The number of benzene rings is 2. The molecular formula is C21H26N2O3. The van der Waals surface area contributed by atoms with Crippen molar-refractivity contribution in [3.8, 4) is 5.75 Å². The van der Waals surface area contributed by atoms with Crippen LogP contribution < -0.4 is 10.1 Å². The van der Waals surface area contributed by atoms with Gasteiger partial charge in [0.1, 0.15) is 5.75 Å². The Kier molecular flexibility index (Phi) is 6.26. The molecule has 5 heteroatoms. The van der Waals surface area contributed by atoms with E-state index in [4.69, 9.17) is 9.47 Å². The monoisotopic (exact) mass is 354 g/mol. The summed E-state index contributed by atoms with van der Waals surface area (Å²) in [6.45, 7) is 6.35. The van der Waals surface area contributed by atoms with Crippen LogP contribution in [0, 0.1) is 0 Å². The van der Waals surface area contributed by atoms with E-state index in [1.807, 2.05) is 55.5 Å². The van der Waals surface area contributed by atoms with Crippen molar-refractivity contribution in [3.05, 3.63) is 65.2 Å². The molecule has 1 saturated heterocycles. The number of rotatable bonds is 6. The van der Waals surface area contributed by atoms with E-state index in [2.05, 4.69) is 10.2 Å². The third-order valence-corrected chi connectivity index (χ3v) is 4.68. The largest absolute Gasteiger partial charge is 0.496 e. The van der Waals surface area contributed by atoms with Crippen molar-refractivity contribution in [2.24, 2.45) is 0 Å². The second-order valence-electron chi connectivity index (χ2n) is 6.52. The molecule has 138 valence electrons. The summed E-state index contributed by atoms with van der Waals surface area (Å²) < 4.78 is 10.8. The SMILES string of the molecule is COc1ccccc1[C@@H](C)NC(=O)c1ccc(CN2CCOCC2)cc1. The van der Waals surface area contributed by atoms with E-state index in [1.54, 1.807) is 7.11 Å². The van der Waals surface area contributed by atoms with Crippen LogP contribution in [0.25, 0.3) is 0 Å². The van der Waals surface area contributed by atoms with E-state index in [1.165, 1.54) is 5.56 Å². The third kappa shape index (κ3) is 4.62. The predicted octanol–water partition coefficient (Wildman–Crippen LogP) is 3.02. The molecule has 0 aromatic heterocycles. The van der Waals surface area contributed by atoms with Crippen LogP contribution in [0.2, 0.25) is 0 Å². The Morgan fingerprint density at radius 2 is 1.85 bits per heavy atom. The average molecular weight is 354 g/mol. The van der Waals surface area contributed by atoms with Crippen molar-refractivity contribution in [2.75, 3.05) is 33.4 Å². The van der Waals surface area contributed by atoms with Crippen LogP contribution in [0.4, 0.5) is 0 Å². The first kappa shape index (κ1) is 18.4. The summed E-state index contributed by atoms with van der Waals surface area (Å²) in [7, 11) is 1.64. The maximum absolute atomic E-state index is 12.6. The normalized spacial score (nSPS) is 16.1. The van der Waals surface area contributed by atoms with Crippen molar-refractivity contribution in [1.82, 2.24) is 10.2 Å². The maximum Gasteiger partial charge on any atom is 0.251 e. The fourth-order valence-electron chi connectivity index (χ4n) is 3.16. The second kappa shape index (κ2) is 8.83. The van der Waals surface area contributed by atoms with Gasteiger partial charge in [0.05, 0.1) is 26.4 Å². The molecule has 1 aliphatic rings. The molecule has 0 unspecified atom stereocenters. The van der Waals surface area contributed by atoms with Crippen LogP contribution in [0.3, 0.4) is 0 Å². The highest BCUT2D eigenvalue weighted by atomic mass is 16.5. The zero-order chi connectivity index (χ0) is 18.4. The highest BCUT2D eigenvalue weighted by Gasteiger charge is 2.15. The first-order chi connectivity index (χ1) is 12.7. The molecular weight excluding hydrogens is 328 g/mol. The van der Waals surface area contributed by atoms with E-state index in [0.29, 0.717) is 5.56 Å². The highest BCUT2D eigenvalue weighted by Crippen LogP contribution is 2.24. The number of ether oxygens (including phenoxy) is 2. The van der Waals surface area contributed by atoms with Crippen LogP contribution in [0.5, 0.6) is 5.75 Å². The van der Waals surface area contributed by atoms with Crippen LogP contribution in [-0.4, -0.2) is 44.2 Å². The molecule has 0 bridgehead atoms. The number of carbonyl (C=O) groups is 1. The Labute approximate surface area is 154 Å². The van der Waals surface area contributed by atoms with Crippen LogP contribution in [-0.2, 0) is 11.3 Å². The lowest BCUT2D eigenvalue weighted by molar-refractivity contribution is 0.0342. The summed E-state index contributed by atoms with van der Waals surface area (Å²) in [4.78, 5) is 14.9. The molecule has 1 atom stereocenters. The molecule has 3 rings (SSSR count). The maximum atomic E-state index is 12.6. The highest BCUT2D eigenvalue weighted by molar-refractivity contribution is 5.94. The molecule has 0 aliphatic carbocycles. The zero-order valence-electron chi connectivity index (χ0n) is 15.4. The Morgan fingerprint density at radius 3 is 2.54 bits per heavy atom. The number of nitrogens with zero attached hydrogens (tertiary/aromatic N) is 1. The molecule has 2 aromatic rings. The Hall–Kier alpha value is -2.37. The summed E-state index contributed by atoms with van der Waals surface area (Å²) in [5.41, 5.74) is 2.84. The lowest BCUT2D eigenvalue weighted by atomic mass is 10.1. The number of methoxy groups -OCH3 is 1. The minimum atomic E-state index is -0.133. The van der Waals surface area contributed by atoms with Gasteiger partial charge >= 0.3 is 0 Å². The summed E-state index contributed by atoms with van der Waals surface area (Å²) in [6, 6.07) is 15.4. The van der Waals surface area contributed by atoms with Crippen molar-refractivity contribution < 1.29 is 14.3 Å². The number of hydrogen-bond acceptors (Lipinski definition) is 4. The van der Waals surface area contributed by atoms with Gasteiger partial charge in [-0.05, 0) is 30.7 Å². The van der Waals surface area contributed by atoms with Gasteiger partial charge in [-0.1, -0.05) is 30.3 Å². The Bertz CT molecular complexity index is 724. The quantitative estimate of drug-likeness (QED) is 0.866. The second-order valence-corrected chi connectivity index (χ2v) is 6.52. The van der Waals surface area contributed by atoms with Crippen LogP contribution >= 0.6 is 0 Å². The van der Waals surface area contributed by atoms with Crippen molar-refractivity contribution in [2.45, 2.75) is 19.5 Å². The lowest BCUT2D eigenvalue weighted by Crippen LogP contribution is -2.35. The van der Waals surface area contributed by atoms with Crippen molar-refractivity contribution in [1.29, 1.82) is 0 Å². The Morgan fingerprint density at radius 1 is 1.15 bits per heavy atom. The number of para-hydroxylation sites is 1. The first-order valence-electron chi connectivity index (χ1n) is 9.00. The van der Waals surface area contributed by atoms with E-state index < -0.39 is 0 Å². The molecule has 2 aromatic carbocycles. The van der Waals surface area contributed by atoms with Gasteiger partial charge in [0.25, 0.3) is 5.91 Å². The summed E-state index contributed by atoms with van der Waals surface area (Å²) in [5, 5.41) is 3.04. The van der Waals surface area contributed by atoms with Gasteiger partial charge in [-0.25, -0.2) is 0 Å². The molecule has 1 heterocycles. The molecule has 0 radical (unpaired) electrons. The first-order valence-corrected chi connectivity index (χ1v) is 9.00. The Balaban J connectivity index is 1.60. The molecule has 0 spiro atoms. The van der Waals surface area contributed by atoms with Crippen LogP contribution in [0.1, 0.15) is 34.5 Å². The lowest BCUT2D eigenvalue weighted by Gasteiger charge is -2.26. The minimum Gasteiger partial charge on any atom is -0.496 e. The number of morpholine rings is 1. The van der Waals surface area contributed by atoms with E-state index >= 15 is 0 Å². The topological polar surface area (TPSA) is 50.8 Å². The number of nitrogens with one attached hydrogen (secondary N) is 1. The van der Waals surface area contributed by atoms with Gasteiger partial charge in [-0.3, -0.25) is 9.69 Å². The van der Waals surface area contributed by atoms with Gasteiger partial charge < -0.3 is 14.8 Å². The summed E-state index contributed by atoms with van der Waals surface area (Å²) in [5.74, 6) is 0.697. The van der Waals surface area contributed by atoms with E-state index in [9.17, 15) is 4.79 Å². The van der Waals surface area contributed by atoms with E-state index in [0.717, 1.165) is 44.2 Å². The summed E-state index contributed by atoms with van der Waals surface area (Å²) >= 11 is 0. The van der Waals surface area contributed by atoms with Crippen molar-refractivity contribution in [3.63, 3.8) is 0 Å². The van der Waals surface area contributed by atoms with Gasteiger partial charge in [0.15, 0.2) is 0 Å². The predicted molar refractivity (Wildman–Crippen MR) is 101 cm³/mol. The van der Waals surface area contributed by atoms with E-state index in [-0.39, 0.29) is 11.9 Å². The minimum absolute atomic E-state index is 0.0821. The molecule has 26 heavy (non-hydrogen) atoms. The van der Waals surface area contributed by atoms with Crippen LogP contribution in [0.15, 0.2) is 48.5 Å².